The van der Waals surface area contributed by atoms with Gasteiger partial charge in [-0.25, -0.2) is 0 Å². The van der Waals surface area contributed by atoms with Gasteiger partial charge >= 0.3 is 0 Å². The molecule has 0 aliphatic carbocycles. The van der Waals surface area contributed by atoms with Crippen molar-refractivity contribution < 1.29 is 19.0 Å². The maximum absolute atomic E-state index is 6.24. The SMILES string of the molecule is ClC(Cl)=CCOc1cc(Cl)c(OCCCCCOC/C=N/OCc2ccccc2)c(Cl)c1. The molecule has 0 amide bonds. The summed E-state index contributed by atoms with van der Waals surface area (Å²) in [6.45, 7) is 2.21. The molecular weight excluding hydrogens is 496 g/mol. The van der Waals surface area contributed by atoms with E-state index in [1.54, 1.807) is 18.3 Å². The smallest absolute Gasteiger partial charge is 0.156 e. The van der Waals surface area contributed by atoms with Crippen LogP contribution in [0, 0.1) is 0 Å². The van der Waals surface area contributed by atoms with E-state index in [-0.39, 0.29) is 11.1 Å². The molecule has 0 N–H and O–H groups in total. The molecule has 0 bridgehead atoms. The Bertz CT molecular complexity index is 835. The topological polar surface area (TPSA) is 49.3 Å². The molecule has 5 nitrogen and oxygen atoms in total. The molecule has 174 valence electrons. The van der Waals surface area contributed by atoms with Gasteiger partial charge in [0.1, 0.15) is 23.5 Å². The van der Waals surface area contributed by atoms with E-state index < -0.39 is 0 Å². The van der Waals surface area contributed by atoms with Crippen LogP contribution in [0.5, 0.6) is 11.5 Å². The van der Waals surface area contributed by atoms with E-state index in [9.17, 15) is 0 Å². The lowest BCUT2D eigenvalue weighted by atomic mass is 10.2. The molecule has 2 aromatic carbocycles. The summed E-state index contributed by atoms with van der Waals surface area (Å²) in [5.74, 6) is 0.943. The second-order valence-electron chi connectivity index (χ2n) is 6.55. The number of nitrogens with zero attached hydrogens (tertiary/aromatic N) is 1. The summed E-state index contributed by atoms with van der Waals surface area (Å²) < 4.78 is 16.8. The first-order valence-corrected chi connectivity index (χ1v) is 11.6. The minimum Gasteiger partial charge on any atom is -0.490 e. The van der Waals surface area contributed by atoms with Crippen LogP contribution in [0.4, 0.5) is 0 Å². The highest BCUT2D eigenvalue weighted by Gasteiger charge is 2.10. The Morgan fingerprint density at radius 1 is 0.875 bits per heavy atom. The molecule has 0 aliphatic rings. The van der Waals surface area contributed by atoms with Crippen molar-refractivity contribution in [3.8, 4) is 11.5 Å². The molecule has 0 aromatic heterocycles. The Morgan fingerprint density at radius 3 is 2.31 bits per heavy atom. The fraction of sp³-hybridized carbons (Fsp3) is 0.348. The number of ether oxygens (including phenoxy) is 3. The van der Waals surface area contributed by atoms with Crippen LogP contribution in [0.15, 0.2) is 58.2 Å². The normalized spacial score (nSPS) is 10.9. The van der Waals surface area contributed by atoms with Crippen LogP contribution in [0.2, 0.25) is 10.0 Å². The van der Waals surface area contributed by atoms with E-state index in [1.807, 2.05) is 30.3 Å². The van der Waals surface area contributed by atoms with Crippen molar-refractivity contribution in [2.24, 2.45) is 5.16 Å². The fourth-order valence-electron chi connectivity index (χ4n) is 2.52. The number of hydrogen-bond donors (Lipinski definition) is 0. The van der Waals surface area contributed by atoms with Gasteiger partial charge in [-0.05, 0) is 30.9 Å². The van der Waals surface area contributed by atoms with Gasteiger partial charge in [0.2, 0.25) is 0 Å². The number of benzene rings is 2. The molecule has 0 saturated carbocycles. The summed E-state index contributed by atoms with van der Waals surface area (Å²) in [6.07, 6.45) is 5.84. The third-order valence-corrected chi connectivity index (χ3v) is 4.92. The van der Waals surface area contributed by atoms with Crippen molar-refractivity contribution in [1.29, 1.82) is 0 Å². The highest BCUT2D eigenvalue weighted by Crippen LogP contribution is 2.37. The predicted octanol–water partition coefficient (Wildman–Crippen LogP) is 7.46. The second kappa shape index (κ2) is 16.1. The molecule has 2 aromatic rings. The minimum atomic E-state index is 0.133. The quantitative estimate of drug-likeness (QED) is 0.139. The van der Waals surface area contributed by atoms with E-state index in [4.69, 9.17) is 65.5 Å². The number of oxime groups is 1. The van der Waals surface area contributed by atoms with Gasteiger partial charge in [0.15, 0.2) is 5.75 Å². The zero-order valence-electron chi connectivity index (χ0n) is 17.4. The highest BCUT2D eigenvalue weighted by atomic mass is 35.5. The number of halogens is 4. The summed E-state index contributed by atoms with van der Waals surface area (Å²) in [4.78, 5) is 5.21. The van der Waals surface area contributed by atoms with Crippen LogP contribution in [-0.2, 0) is 16.2 Å². The molecule has 2 rings (SSSR count). The van der Waals surface area contributed by atoms with Crippen molar-refractivity contribution in [2.45, 2.75) is 25.9 Å². The highest BCUT2D eigenvalue weighted by molar-refractivity contribution is 6.55. The monoisotopic (exact) mass is 519 g/mol. The van der Waals surface area contributed by atoms with Crippen LogP contribution in [0.25, 0.3) is 0 Å². The lowest BCUT2D eigenvalue weighted by Gasteiger charge is -2.12. The van der Waals surface area contributed by atoms with Gasteiger partial charge in [-0.2, -0.15) is 0 Å². The summed E-state index contributed by atoms with van der Waals surface area (Å²) in [5.41, 5.74) is 1.07. The Morgan fingerprint density at radius 2 is 1.59 bits per heavy atom. The molecule has 0 saturated heterocycles. The summed E-state index contributed by atoms with van der Waals surface area (Å²) in [5, 5.41) is 4.64. The van der Waals surface area contributed by atoms with E-state index in [0.717, 1.165) is 24.8 Å². The van der Waals surface area contributed by atoms with Gasteiger partial charge in [0.25, 0.3) is 0 Å². The van der Waals surface area contributed by atoms with Crippen molar-refractivity contribution >= 4 is 52.6 Å². The molecule has 0 unspecified atom stereocenters. The Balaban J connectivity index is 1.52. The molecule has 0 spiro atoms. The number of unbranched alkanes of at least 4 members (excludes halogenated alkanes) is 2. The molecule has 0 fully saturated rings. The van der Waals surface area contributed by atoms with E-state index in [0.29, 0.717) is 48.0 Å². The summed E-state index contributed by atoms with van der Waals surface area (Å²) in [7, 11) is 0. The minimum absolute atomic E-state index is 0.133. The van der Waals surface area contributed by atoms with Gasteiger partial charge in [0, 0.05) is 18.7 Å². The zero-order valence-corrected chi connectivity index (χ0v) is 20.5. The van der Waals surface area contributed by atoms with E-state index in [2.05, 4.69) is 5.16 Å². The van der Waals surface area contributed by atoms with Gasteiger partial charge in [0.05, 0.1) is 29.5 Å². The van der Waals surface area contributed by atoms with Gasteiger partial charge in [-0.15, -0.1) is 0 Å². The lowest BCUT2D eigenvalue weighted by Crippen LogP contribution is -2.02. The Labute approximate surface area is 208 Å². The number of rotatable bonds is 15. The zero-order chi connectivity index (χ0) is 23.0. The first-order chi connectivity index (χ1) is 15.6. The number of hydrogen-bond acceptors (Lipinski definition) is 5. The molecule has 0 atom stereocenters. The second-order valence-corrected chi connectivity index (χ2v) is 8.37. The maximum atomic E-state index is 6.24. The van der Waals surface area contributed by atoms with Crippen molar-refractivity contribution in [3.63, 3.8) is 0 Å². The third-order valence-electron chi connectivity index (χ3n) is 4.05. The maximum Gasteiger partial charge on any atom is 0.156 e. The molecular formula is C23H25Cl4NO4. The van der Waals surface area contributed by atoms with Crippen LogP contribution in [0.1, 0.15) is 24.8 Å². The van der Waals surface area contributed by atoms with Crippen LogP contribution < -0.4 is 9.47 Å². The third kappa shape index (κ3) is 11.3. The van der Waals surface area contributed by atoms with Crippen molar-refractivity contribution in [1.82, 2.24) is 0 Å². The first-order valence-electron chi connectivity index (χ1n) is 10.1. The van der Waals surface area contributed by atoms with Crippen LogP contribution in [-0.4, -0.2) is 32.6 Å². The lowest BCUT2D eigenvalue weighted by molar-refractivity contribution is 0.124. The van der Waals surface area contributed by atoms with Crippen molar-refractivity contribution in [2.75, 3.05) is 26.4 Å². The predicted molar refractivity (Wildman–Crippen MR) is 132 cm³/mol. The average molecular weight is 521 g/mol. The summed E-state index contributed by atoms with van der Waals surface area (Å²) >= 11 is 23.6. The van der Waals surface area contributed by atoms with Gasteiger partial charge in [-0.1, -0.05) is 81.9 Å². The standard InChI is InChI=1S/C23H25Cl4NO4/c24-20-15-19(30-13-9-22(26)27)16-21(25)23(20)31-12-6-2-5-11-29-14-10-28-32-17-18-7-3-1-4-8-18/h1,3-4,7-10,15-16H,2,5-6,11-14,17H2/b28-10+. The molecule has 9 heteroatoms. The first kappa shape index (κ1) is 26.6. The Kier molecular flexibility index (Phi) is 13.4. The fourth-order valence-corrected chi connectivity index (χ4v) is 3.22. The van der Waals surface area contributed by atoms with Gasteiger partial charge in [-0.3, -0.25) is 0 Å². The molecule has 32 heavy (non-hydrogen) atoms. The van der Waals surface area contributed by atoms with Crippen LogP contribution in [0.3, 0.4) is 0 Å². The Hall–Kier alpha value is -1.63. The van der Waals surface area contributed by atoms with E-state index >= 15 is 0 Å². The molecule has 0 radical (unpaired) electrons. The van der Waals surface area contributed by atoms with Crippen molar-refractivity contribution in [3.05, 3.63) is 68.6 Å². The van der Waals surface area contributed by atoms with Gasteiger partial charge < -0.3 is 19.0 Å². The molecule has 0 aliphatic heterocycles. The van der Waals surface area contributed by atoms with Crippen LogP contribution >= 0.6 is 46.4 Å². The largest absolute Gasteiger partial charge is 0.490 e. The average Bonchev–Trinajstić information content (AvgIpc) is 2.76. The van der Waals surface area contributed by atoms with E-state index in [1.165, 1.54) is 6.08 Å². The summed E-state index contributed by atoms with van der Waals surface area (Å²) in [6, 6.07) is 13.1. The molecule has 0 heterocycles.